The van der Waals surface area contributed by atoms with Crippen molar-refractivity contribution in [3.63, 3.8) is 0 Å². The van der Waals surface area contributed by atoms with Gasteiger partial charge < -0.3 is 24.1 Å². The Labute approximate surface area is 231 Å². The van der Waals surface area contributed by atoms with Gasteiger partial charge in [-0.1, -0.05) is 41.4 Å². The number of hydrogen-bond donors (Lipinski definition) is 1. The van der Waals surface area contributed by atoms with Crippen LogP contribution in [0.3, 0.4) is 0 Å². The minimum absolute atomic E-state index is 0.246. The van der Waals surface area contributed by atoms with E-state index in [1.807, 2.05) is 78.6 Å². The molecule has 1 aliphatic rings. The van der Waals surface area contributed by atoms with Gasteiger partial charge in [0.05, 0.1) is 23.4 Å². The van der Waals surface area contributed by atoms with Crippen molar-refractivity contribution in [1.29, 1.82) is 0 Å². The van der Waals surface area contributed by atoms with Gasteiger partial charge >= 0.3 is 0 Å². The summed E-state index contributed by atoms with van der Waals surface area (Å²) < 4.78 is 17.3. The lowest BCUT2D eigenvalue weighted by atomic mass is 10.0. The van der Waals surface area contributed by atoms with Crippen molar-refractivity contribution >= 4 is 46.2 Å². The highest BCUT2D eigenvalue weighted by molar-refractivity contribution is 7.80. The quantitative estimate of drug-likeness (QED) is 0.183. The number of halogens is 2. The number of furan rings is 1. The van der Waals surface area contributed by atoms with E-state index >= 15 is 0 Å². The Morgan fingerprint density at radius 3 is 2.65 bits per heavy atom. The summed E-state index contributed by atoms with van der Waals surface area (Å²) in [4.78, 5) is 6.60. The van der Waals surface area contributed by atoms with Crippen molar-refractivity contribution in [2.24, 2.45) is 0 Å². The lowest BCUT2D eigenvalue weighted by molar-refractivity contribution is 0.146. The molecule has 9 heteroatoms. The number of rotatable bonds is 8. The fourth-order valence-corrected chi connectivity index (χ4v) is 5.19. The standard InChI is InChI=1S/C28H25Cl2N3O3S/c1-17-19(6-5-7-20(17)29)23-11-12-25(36-23)27-26(22-8-3-4-13-31-22)32-28(37)33(27)18-9-10-24(21(30)16-18)35-15-14-34-2/h3-13,16,26-27H,14-15H2,1-2H3,(H,32,37)/t26-,27+/m1/s1. The molecule has 0 radical (unpaired) electrons. The van der Waals surface area contributed by atoms with Crippen LogP contribution in [0.4, 0.5) is 5.69 Å². The Morgan fingerprint density at radius 1 is 1.03 bits per heavy atom. The minimum Gasteiger partial charge on any atom is -0.490 e. The molecule has 6 nitrogen and oxygen atoms in total. The van der Waals surface area contributed by atoms with Crippen LogP contribution in [0.2, 0.25) is 10.0 Å². The minimum atomic E-state index is -0.313. The molecule has 1 fully saturated rings. The number of aromatic nitrogens is 1. The molecule has 2 aromatic heterocycles. The summed E-state index contributed by atoms with van der Waals surface area (Å²) in [6.07, 6.45) is 1.77. The second-order valence-corrected chi connectivity index (χ2v) is 9.77. The molecule has 0 unspecified atom stereocenters. The molecule has 37 heavy (non-hydrogen) atoms. The zero-order chi connectivity index (χ0) is 25.9. The van der Waals surface area contributed by atoms with E-state index in [-0.39, 0.29) is 12.1 Å². The van der Waals surface area contributed by atoms with Gasteiger partial charge in [0.1, 0.15) is 29.9 Å². The Bertz CT molecular complexity index is 1410. The van der Waals surface area contributed by atoms with Crippen molar-refractivity contribution in [2.75, 3.05) is 25.2 Å². The van der Waals surface area contributed by atoms with Crippen molar-refractivity contribution in [3.8, 4) is 17.1 Å². The molecular weight excluding hydrogens is 529 g/mol. The lowest BCUT2D eigenvalue weighted by Crippen LogP contribution is -2.29. The molecule has 0 amide bonds. The first-order valence-electron chi connectivity index (χ1n) is 11.7. The fraction of sp³-hybridized carbons (Fsp3) is 0.214. The molecule has 0 bridgehead atoms. The maximum Gasteiger partial charge on any atom is 0.174 e. The Morgan fingerprint density at radius 2 is 1.89 bits per heavy atom. The molecule has 0 saturated carbocycles. The number of nitrogens with zero attached hydrogens (tertiary/aromatic N) is 2. The largest absolute Gasteiger partial charge is 0.490 e. The molecule has 0 aliphatic carbocycles. The van der Waals surface area contributed by atoms with Crippen LogP contribution in [0.5, 0.6) is 5.75 Å². The molecule has 0 spiro atoms. The van der Waals surface area contributed by atoms with E-state index in [9.17, 15) is 0 Å². The first kappa shape index (κ1) is 25.5. The van der Waals surface area contributed by atoms with Crippen LogP contribution in [0.1, 0.15) is 29.1 Å². The predicted octanol–water partition coefficient (Wildman–Crippen LogP) is 7.16. The predicted molar refractivity (Wildman–Crippen MR) is 151 cm³/mol. The summed E-state index contributed by atoms with van der Waals surface area (Å²) in [5.41, 5.74) is 3.55. The summed E-state index contributed by atoms with van der Waals surface area (Å²) in [6.45, 7) is 2.86. The van der Waals surface area contributed by atoms with E-state index < -0.39 is 0 Å². The number of hydrogen-bond acceptors (Lipinski definition) is 5. The van der Waals surface area contributed by atoms with Gasteiger partial charge in [0.15, 0.2) is 5.11 Å². The van der Waals surface area contributed by atoms with Gasteiger partial charge in [0, 0.05) is 29.6 Å². The highest BCUT2D eigenvalue weighted by Gasteiger charge is 2.42. The highest BCUT2D eigenvalue weighted by Crippen LogP contribution is 2.44. The van der Waals surface area contributed by atoms with Gasteiger partial charge in [-0.05, 0) is 73.2 Å². The van der Waals surface area contributed by atoms with Gasteiger partial charge in [-0.15, -0.1) is 0 Å². The van der Waals surface area contributed by atoms with E-state index in [0.717, 1.165) is 34.0 Å². The van der Waals surface area contributed by atoms with Crippen molar-refractivity contribution in [1.82, 2.24) is 10.3 Å². The van der Waals surface area contributed by atoms with Crippen LogP contribution in [-0.2, 0) is 4.74 Å². The van der Waals surface area contributed by atoms with Crippen molar-refractivity contribution in [2.45, 2.75) is 19.0 Å². The van der Waals surface area contributed by atoms with E-state index in [1.54, 1.807) is 13.3 Å². The molecule has 2 aromatic carbocycles. The maximum absolute atomic E-state index is 6.59. The summed E-state index contributed by atoms with van der Waals surface area (Å²) in [5.74, 6) is 2.04. The van der Waals surface area contributed by atoms with E-state index in [0.29, 0.717) is 34.1 Å². The number of anilines is 1. The number of methoxy groups -OCH3 is 1. The zero-order valence-corrected chi connectivity index (χ0v) is 22.6. The Balaban J connectivity index is 1.55. The third kappa shape index (κ3) is 5.18. The molecule has 4 aromatic rings. The zero-order valence-electron chi connectivity index (χ0n) is 20.3. The summed E-state index contributed by atoms with van der Waals surface area (Å²) >= 11 is 18.8. The monoisotopic (exact) mass is 553 g/mol. The molecule has 190 valence electrons. The Kier molecular flexibility index (Phi) is 7.67. The molecule has 3 heterocycles. The van der Waals surface area contributed by atoms with Gasteiger partial charge in [-0.2, -0.15) is 0 Å². The topological polar surface area (TPSA) is 59.8 Å². The van der Waals surface area contributed by atoms with Crippen LogP contribution in [-0.4, -0.2) is 30.4 Å². The summed E-state index contributed by atoms with van der Waals surface area (Å²) in [7, 11) is 1.63. The Hall–Kier alpha value is -3.10. The average molecular weight is 554 g/mol. The van der Waals surface area contributed by atoms with Gasteiger partial charge in [-0.3, -0.25) is 4.98 Å². The van der Waals surface area contributed by atoms with Gasteiger partial charge in [0.2, 0.25) is 0 Å². The van der Waals surface area contributed by atoms with E-state index in [4.69, 9.17) is 49.3 Å². The molecule has 1 N–H and O–H groups in total. The first-order chi connectivity index (χ1) is 18.0. The maximum atomic E-state index is 6.59. The molecular formula is C28H25Cl2N3O3S. The van der Waals surface area contributed by atoms with Crippen molar-refractivity contribution < 1.29 is 13.9 Å². The third-order valence-electron chi connectivity index (χ3n) is 6.29. The lowest BCUT2D eigenvalue weighted by Gasteiger charge is -2.26. The van der Waals surface area contributed by atoms with E-state index in [2.05, 4.69) is 10.3 Å². The van der Waals surface area contributed by atoms with Crippen LogP contribution < -0.4 is 15.0 Å². The number of nitrogens with one attached hydrogen (secondary N) is 1. The third-order valence-corrected chi connectivity index (χ3v) is 7.31. The molecule has 5 rings (SSSR count). The molecule has 1 saturated heterocycles. The van der Waals surface area contributed by atoms with Crippen LogP contribution in [0, 0.1) is 6.92 Å². The van der Waals surface area contributed by atoms with Crippen LogP contribution >= 0.6 is 35.4 Å². The number of thiocarbonyl (C=S) groups is 1. The molecule has 1 aliphatic heterocycles. The fourth-order valence-electron chi connectivity index (χ4n) is 4.44. The summed E-state index contributed by atoms with van der Waals surface area (Å²) in [6, 6.07) is 20.6. The highest BCUT2D eigenvalue weighted by atomic mass is 35.5. The number of pyridine rings is 1. The van der Waals surface area contributed by atoms with Crippen LogP contribution in [0.15, 0.2) is 77.3 Å². The summed E-state index contributed by atoms with van der Waals surface area (Å²) in [5, 5.41) is 5.15. The SMILES string of the molecule is COCCOc1ccc(N2C(=S)N[C@H](c3ccccn3)[C@@H]2c2ccc(-c3cccc(Cl)c3C)o2)cc1Cl. The number of ether oxygens (including phenoxy) is 2. The van der Waals surface area contributed by atoms with Crippen molar-refractivity contribution in [3.05, 3.63) is 100.0 Å². The normalized spacial score (nSPS) is 17.2. The van der Waals surface area contributed by atoms with Gasteiger partial charge in [0.25, 0.3) is 0 Å². The first-order valence-corrected chi connectivity index (χ1v) is 12.9. The second-order valence-electron chi connectivity index (χ2n) is 8.57. The average Bonchev–Trinajstić information content (AvgIpc) is 3.52. The smallest absolute Gasteiger partial charge is 0.174 e. The van der Waals surface area contributed by atoms with E-state index in [1.165, 1.54) is 0 Å². The van der Waals surface area contributed by atoms with Crippen LogP contribution in [0.25, 0.3) is 11.3 Å². The number of benzene rings is 2. The second kappa shape index (κ2) is 11.1. The van der Waals surface area contributed by atoms with Gasteiger partial charge in [-0.25, -0.2) is 0 Å². The molecule has 2 atom stereocenters.